The fraction of sp³-hybridized carbons (Fsp3) is 0.133. The van der Waals surface area contributed by atoms with E-state index in [-0.39, 0.29) is 5.91 Å². The van der Waals surface area contributed by atoms with E-state index in [1.54, 1.807) is 41.3 Å². The summed E-state index contributed by atoms with van der Waals surface area (Å²) in [5.41, 5.74) is 8.63. The summed E-state index contributed by atoms with van der Waals surface area (Å²) in [5, 5.41) is 4.15. The lowest BCUT2D eigenvalue weighted by Gasteiger charge is -2.16. The van der Waals surface area contributed by atoms with Crippen molar-refractivity contribution in [2.75, 3.05) is 12.8 Å². The van der Waals surface area contributed by atoms with Crippen molar-refractivity contribution in [1.82, 2.24) is 19.5 Å². The van der Waals surface area contributed by atoms with Crippen LogP contribution in [0, 0.1) is 0 Å². The number of hydrogen-bond donors (Lipinski definition) is 1. The Labute approximate surface area is 121 Å². The van der Waals surface area contributed by atoms with Crippen LogP contribution >= 0.6 is 0 Å². The minimum Gasteiger partial charge on any atom is -0.399 e. The van der Waals surface area contributed by atoms with Gasteiger partial charge in [0.15, 0.2) is 0 Å². The van der Waals surface area contributed by atoms with Gasteiger partial charge < -0.3 is 10.6 Å². The predicted molar refractivity (Wildman–Crippen MR) is 79.6 cm³/mol. The Morgan fingerprint density at radius 3 is 2.81 bits per heavy atom. The van der Waals surface area contributed by atoms with Gasteiger partial charge in [-0.1, -0.05) is 12.1 Å². The van der Waals surface area contributed by atoms with Crippen LogP contribution in [0.1, 0.15) is 15.9 Å². The number of carbonyl (C=O) groups excluding carboxylic acids is 1. The molecule has 0 bridgehead atoms. The summed E-state index contributed by atoms with van der Waals surface area (Å²) in [6, 6.07) is 7.48. The number of anilines is 1. The summed E-state index contributed by atoms with van der Waals surface area (Å²) in [6.45, 7) is 0.511. The maximum atomic E-state index is 12.5. The van der Waals surface area contributed by atoms with E-state index in [2.05, 4.69) is 10.1 Å². The van der Waals surface area contributed by atoms with Crippen molar-refractivity contribution >= 4 is 17.1 Å². The molecule has 0 unspecified atom stereocenters. The highest BCUT2D eigenvalue weighted by Gasteiger charge is 2.17. The third kappa shape index (κ3) is 2.55. The zero-order valence-corrected chi connectivity index (χ0v) is 11.6. The van der Waals surface area contributed by atoms with Crippen LogP contribution in [-0.4, -0.2) is 32.5 Å². The number of carbonyl (C=O) groups is 1. The van der Waals surface area contributed by atoms with Gasteiger partial charge in [0.1, 0.15) is 0 Å². The summed E-state index contributed by atoms with van der Waals surface area (Å²) in [7, 11) is 1.76. The number of fused-ring (bicyclic) bond motifs is 1. The summed E-state index contributed by atoms with van der Waals surface area (Å²) in [6.07, 6.45) is 6.55. The van der Waals surface area contributed by atoms with E-state index in [4.69, 9.17) is 5.73 Å². The van der Waals surface area contributed by atoms with Crippen LogP contribution in [0.2, 0.25) is 0 Å². The van der Waals surface area contributed by atoms with E-state index in [0.29, 0.717) is 23.3 Å². The Morgan fingerprint density at radius 1 is 1.29 bits per heavy atom. The fourth-order valence-electron chi connectivity index (χ4n) is 2.17. The second-order valence-electron chi connectivity index (χ2n) is 4.87. The Morgan fingerprint density at radius 2 is 2.05 bits per heavy atom. The highest BCUT2D eigenvalue weighted by Crippen LogP contribution is 2.14. The van der Waals surface area contributed by atoms with Gasteiger partial charge in [0.2, 0.25) is 0 Å². The molecule has 6 nitrogen and oxygen atoms in total. The van der Waals surface area contributed by atoms with E-state index in [1.807, 2.05) is 24.3 Å². The normalized spacial score (nSPS) is 10.7. The molecule has 2 heterocycles. The Kier molecular flexibility index (Phi) is 3.27. The molecule has 0 atom stereocenters. The SMILES string of the molecule is CN(Cc1ccc(N)cc1)C(=O)c1cnn2ccncc12. The van der Waals surface area contributed by atoms with Crippen LogP contribution in [0.15, 0.2) is 49.1 Å². The average Bonchev–Trinajstić information content (AvgIpc) is 2.92. The first-order valence-electron chi connectivity index (χ1n) is 6.52. The van der Waals surface area contributed by atoms with E-state index in [0.717, 1.165) is 5.56 Å². The van der Waals surface area contributed by atoms with Gasteiger partial charge >= 0.3 is 0 Å². The summed E-state index contributed by atoms with van der Waals surface area (Å²) >= 11 is 0. The minimum absolute atomic E-state index is 0.0881. The highest BCUT2D eigenvalue weighted by atomic mass is 16.2. The first-order valence-corrected chi connectivity index (χ1v) is 6.52. The Hall–Kier alpha value is -2.89. The van der Waals surface area contributed by atoms with E-state index in [9.17, 15) is 4.79 Å². The summed E-state index contributed by atoms with van der Waals surface area (Å²) in [4.78, 5) is 18.2. The topological polar surface area (TPSA) is 76.5 Å². The van der Waals surface area contributed by atoms with Crippen molar-refractivity contribution in [3.05, 3.63) is 60.2 Å². The number of aromatic nitrogens is 3. The number of rotatable bonds is 3. The molecule has 21 heavy (non-hydrogen) atoms. The molecule has 0 radical (unpaired) electrons. The largest absolute Gasteiger partial charge is 0.399 e. The van der Waals surface area contributed by atoms with Crippen molar-refractivity contribution in [3.63, 3.8) is 0 Å². The summed E-state index contributed by atoms with van der Waals surface area (Å²) < 4.78 is 1.64. The third-order valence-corrected chi connectivity index (χ3v) is 3.30. The van der Waals surface area contributed by atoms with Crippen LogP contribution < -0.4 is 5.73 Å². The second kappa shape index (κ2) is 5.24. The van der Waals surface area contributed by atoms with Gasteiger partial charge in [-0.3, -0.25) is 9.78 Å². The van der Waals surface area contributed by atoms with Gasteiger partial charge in [-0.2, -0.15) is 5.10 Å². The number of nitrogens with zero attached hydrogens (tertiary/aromatic N) is 4. The van der Waals surface area contributed by atoms with E-state index >= 15 is 0 Å². The quantitative estimate of drug-likeness (QED) is 0.739. The zero-order valence-electron chi connectivity index (χ0n) is 11.6. The molecule has 0 saturated heterocycles. The van der Waals surface area contributed by atoms with Crippen molar-refractivity contribution in [2.45, 2.75) is 6.54 Å². The highest BCUT2D eigenvalue weighted by molar-refractivity contribution is 6.00. The Balaban J connectivity index is 1.82. The first-order chi connectivity index (χ1) is 10.1. The lowest BCUT2D eigenvalue weighted by Crippen LogP contribution is -2.26. The number of amides is 1. The third-order valence-electron chi connectivity index (χ3n) is 3.30. The summed E-state index contributed by atoms with van der Waals surface area (Å²) in [5.74, 6) is -0.0881. The number of benzene rings is 1. The van der Waals surface area contributed by atoms with Crippen LogP contribution in [0.4, 0.5) is 5.69 Å². The van der Waals surface area contributed by atoms with E-state index < -0.39 is 0 Å². The molecule has 0 spiro atoms. The lowest BCUT2D eigenvalue weighted by atomic mass is 10.2. The average molecular weight is 281 g/mol. The van der Waals surface area contributed by atoms with Gasteiger partial charge in [0.25, 0.3) is 5.91 Å². The molecule has 1 aromatic carbocycles. The monoisotopic (exact) mass is 281 g/mol. The molecule has 0 aliphatic heterocycles. The van der Waals surface area contributed by atoms with Crippen LogP contribution in [-0.2, 0) is 6.54 Å². The molecule has 6 heteroatoms. The van der Waals surface area contributed by atoms with Gasteiger partial charge in [-0.15, -0.1) is 0 Å². The van der Waals surface area contributed by atoms with Crippen LogP contribution in [0.3, 0.4) is 0 Å². The molecule has 1 amide bonds. The molecular formula is C15H15N5O. The van der Waals surface area contributed by atoms with Crippen molar-refractivity contribution < 1.29 is 4.79 Å². The standard InChI is InChI=1S/C15H15N5O/c1-19(10-11-2-4-12(16)5-3-11)15(21)13-8-18-20-7-6-17-9-14(13)20/h2-9H,10,16H2,1H3. The first kappa shape index (κ1) is 13.1. The van der Waals surface area contributed by atoms with Gasteiger partial charge in [-0.25, -0.2) is 4.52 Å². The minimum atomic E-state index is -0.0881. The molecule has 2 N–H and O–H groups in total. The molecule has 0 aliphatic carbocycles. The number of nitrogen functional groups attached to an aromatic ring is 1. The Bertz CT molecular complexity index is 778. The zero-order chi connectivity index (χ0) is 14.8. The number of nitrogens with two attached hydrogens (primary N) is 1. The van der Waals surface area contributed by atoms with Crippen molar-refractivity contribution in [2.24, 2.45) is 0 Å². The second-order valence-corrected chi connectivity index (χ2v) is 4.87. The van der Waals surface area contributed by atoms with Crippen LogP contribution in [0.5, 0.6) is 0 Å². The molecule has 2 aromatic heterocycles. The molecule has 0 saturated carbocycles. The van der Waals surface area contributed by atoms with Crippen molar-refractivity contribution in [1.29, 1.82) is 0 Å². The van der Waals surface area contributed by atoms with Crippen LogP contribution in [0.25, 0.3) is 5.52 Å². The fourth-order valence-corrected chi connectivity index (χ4v) is 2.17. The smallest absolute Gasteiger partial charge is 0.257 e. The van der Waals surface area contributed by atoms with Gasteiger partial charge in [0, 0.05) is 31.7 Å². The van der Waals surface area contributed by atoms with Crippen molar-refractivity contribution in [3.8, 4) is 0 Å². The maximum absolute atomic E-state index is 12.5. The molecular weight excluding hydrogens is 266 g/mol. The molecule has 0 aliphatic rings. The molecule has 0 fully saturated rings. The van der Waals surface area contributed by atoms with Gasteiger partial charge in [-0.05, 0) is 17.7 Å². The molecule has 3 rings (SSSR count). The molecule has 106 valence electrons. The lowest BCUT2D eigenvalue weighted by molar-refractivity contribution is 0.0787. The maximum Gasteiger partial charge on any atom is 0.257 e. The molecule has 3 aromatic rings. The van der Waals surface area contributed by atoms with Gasteiger partial charge in [0.05, 0.1) is 23.5 Å². The predicted octanol–water partition coefficient (Wildman–Crippen LogP) is 1.58. The number of hydrogen-bond acceptors (Lipinski definition) is 4. The van der Waals surface area contributed by atoms with E-state index in [1.165, 1.54) is 0 Å².